The van der Waals surface area contributed by atoms with Gasteiger partial charge in [-0.1, -0.05) is 19.9 Å². The first kappa shape index (κ1) is 20.7. The highest BCUT2D eigenvalue weighted by Crippen LogP contribution is 2.67. The van der Waals surface area contributed by atoms with Crippen LogP contribution in [0.25, 0.3) is 11.3 Å². The molecular formula is C23H27F2N3O2. The highest BCUT2D eigenvalue weighted by atomic mass is 19.1. The van der Waals surface area contributed by atoms with Crippen LogP contribution in [0.3, 0.4) is 0 Å². The maximum absolute atomic E-state index is 14.3. The Morgan fingerprint density at radius 1 is 1.23 bits per heavy atom. The van der Waals surface area contributed by atoms with Gasteiger partial charge in [-0.25, -0.2) is 13.6 Å². The van der Waals surface area contributed by atoms with E-state index in [9.17, 15) is 13.6 Å². The molecule has 0 aliphatic heterocycles. The summed E-state index contributed by atoms with van der Waals surface area (Å²) >= 11 is 0. The second-order valence-electron chi connectivity index (χ2n) is 8.74. The molecule has 0 saturated heterocycles. The number of nitrogens with zero attached hydrogens (tertiary/aromatic N) is 3. The van der Waals surface area contributed by atoms with Gasteiger partial charge in [0.25, 0.3) is 0 Å². The van der Waals surface area contributed by atoms with E-state index in [4.69, 9.17) is 4.74 Å². The summed E-state index contributed by atoms with van der Waals surface area (Å²) in [4.78, 5) is 14.2. The molecule has 1 aromatic carbocycles. The molecule has 0 unspecified atom stereocenters. The number of benzene rings is 1. The highest BCUT2D eigenvalue weighted by molar-refractivity contribution is 5.68. The van der Waals surface area contributed by atoms with Gasteiger partial charge in [0, 0.05) is 18.5 Å². The molecular weight excluding hydrogens is 388 g/mol. The van der Waals surface area contributed by atoms with E-state index in [0.29, 0.717) is 19.7 Å². The van der Waals surface area contributed by atoms with E-state index >= 15 is 0 Å². The zero-order valence-electron chi connectivity index (χ0n) is 17.8. The summed E-state index contributed by atoms with van der Waals surface area (Å²) in [6, 6.07) is 5.58. The van der Waals surface area contributed by atoms with E-state index in [2.05, 4.69) is 24.0 Å². The lowest BCUT2D eigenvalue weighted by Gasteiger charge is -2.41. The summed E-state index contributed by atoms with van der Waals surface area (Å²) in [6.45, 7) is 9.44. The molecule has 5 nitrogen and oxygen atoms in total. The first-order valence-corrected chi connectivity index (χ1v) is 10.5. The van der Waals surface area contributed by atoms with Gasteiger partial charge in [0.1, 0.15) is 11.6 Å². The Balaban J connectivity index is 1.78. The molecule has 1 aromatic heterocycles. The van der Waals surface area contributed by atoms with Crippen molar-refractivity contribution in [2.45, 2.75) is 51.9 Å². The second-order valence-corrected chi connectivity index (χ2v) is 8.74. The Bertz CT molecular complexity index is 974. The zero-order valence-corrected chi connectivity index (χ0v) is 17.8. The number of carbonyl (C=O) groups is 1. The number of rotatable bonds is 5. The molecule has 0 radical (unpaired) electrons. The van der Waals surface area contributed by atoms with Crippen LogP contribution in [0, 0.1) is 17.0 Å². The minimum atomic E-state index is -0.652. The van der Waals surface area contributed by atoms with E-state index in [1.54, 1.807) is 17.9 Å². The number of likely N-dealkylation sites (N-methyl/N-ethyl adjacent to an activating group) is 1. The molecule has 0 N–H and O–H groups in total. The van der Waals surface area contributed by atoms with E-state index in [0.717, 1.165) is 24.1 Å². The first-order chi connectivity index (χ1) is 14.3. The molecule has 2 atom stereocenters. The molecule has 30 heavy (non-hydrogen) atoms. The third-order valence-corrected chi connectivity index (χ3v) is 7.20. The summed E-state index contributed by atoms with van der Waals surface area (Å²) in [7, 11) is 0. The summed E-state index contributed by atoms with van der Waals surface area (Å²) in [5.41, 5.74) is 1.35. The number of amides is 1. The van der Waals surface area contributed by atoms with Crippen molar-refractivity contribution in [3.05, 3.63) is 47.2 Å². The highest BCUT2D eigenvalue weighted by Gasteiger charge is 2.64. The largest absolute Gasteiger partial charge is 0.450 e. The lowest BCUT2D eigenvalue weighted by molar-refractivity contribution is 0.0819. The van der Waals surface area contributed by atoms with Crippen molar-refractivity contribution in [2.24, 2.45) is 5.41 Å². The zero-order chi connectivity index (χ0) is 21.7. The SMILES string of the molecule is CCOC(=O)N(CC)C[C@@]12CC[C@@H](c3cc(-c4c(F)cccc4F)nnc31)C2(C)C. The number of ether oxygens (including phenoxy) is 1. The third kappa shape index (κ3) is 2.81. The topological polar surface area (TPSA) is 55.3 Å². The van der Waals surface area contributed by atoms with Crippen molar-refractivity contribution in [2.75, 3.05) is 19.7 Å². The normalized spacial score (nSPS) is 23.3. The number of aromatic nitrogens is 2. The van der Waals surface area contributed by atoms with Gasteiger partial charge >= 0.3 is 6.09 Å². The molecule has 1 amide bonds. The molecule has 2 aromatic rings. The molecule has 7 heteroatoms. The minimum Gasteiger partial charge on any atom is -0.450 e. The van der Waals surface area contributed by atoms with Gasteiger partial charge in [0.05, 0.1) is 23.6 Å². The van der Waals surface area contributed by atoms with Crippen molar-refractivity contribution in [1.29, 1.82) is 0 Å². The Labute approximate surface area is 175 Å². The van der Waals surface area contributed by atoms with E-state index in [1.807, 2.05) is 6.92 Å². The Hall–Kier alpha value is -2.57. The number of hydrogen-bond acceptors (Lipinski definition) is 4. The summed E-state index contributed by atoms with van der Waals surface area (Å²) in [6.07, 6.45) is 1.49. The van der Waals surface area contributed by atoms with Crippen LogP contribution in [-0.2, 0) is 10.2 Å². The van der Waals surface area contributed by atoms with E-state index in [-0.39, 0.29) is 34.1 Å². The molecule has 4 rings (SSSR count). The molecule has 1 fully saturated rings. The van der Waals surface area contributed by atoms with Gasteiger partial charge in [0.2, 0.25) is 0 Å². The molecule has 2 aliphatic rings. The van der Waals surface area contributed by atoms with Crippen molar-refractivity contribution in [3.63, 3.8) is 0 Å². The summed E-state index contributed by atoms with van der Waals surface area (Å²) < 4.78 is 33.9. The van der Waals surface area contributed by atoms with Crippen LogP contribution < -0.4 is 0 Å². The number of carbonyl (C=O) groups excluding carboxylic acids is 1. The summed E-state index contributed by atoms with van der Waals surface area (Å²) in [5, 5.41) is 8.72. The fourth-order valence-electron chi connectivity index (χ4n) is 5.49. The molecule has 1 saturated carbocycles. The molecule has 160 valence electrons. The average molecular weight is 415 g/mol. The standard InChI is InChI=1S/C23H27F2N3O2/c1-5-28(21(29)30-6-2)13-23-11-10-15(22(23,3)4)14-12-18(26-27-20(14)23)19-16(24)8-7-9-17(19)25/h7-9,12,15H,5-6,10-11,13H2,1-4H3/t15-,23-/m0/s1. The quantitative estimate of drug-likeness (QED) is 0.685. The van der Waals surface area contributed by atoms with Crippen molar-refractivity contribution in [1.82, 2.24) is 15.1 Å². The van der Waals surface area contributed by atoms with Crippen molar-refractivity contribution < 1.29 is 18.3 Å². The van der Waals surface area contributed by atoms with Gasteiger partial charge in [-0.3, -0.25) is 0 Å². The fourth-order valence-corrected chi connectivity index (χ4v) is 5.49. The fraction of sp³-hybridized carbons (Fsp3) is 0.522. The van der Waals surface area contributed by atoms with Crippen molar-refractivity contribution in [3.8, 4) is 11.3 Å². The van der Waals surface area contributed by atoms with Gasteiger partial charge in [-0.2, -0.15) is 10.2 Å². The minimum absolute atomic E-state index is 0.149. The molecule has 1 heterocycles. The van der Waals surface area contributed by atoms with Crippen LogP contribution in [0.2, 0.25) is 0 Å². The van der Waals surface area contributed by atoms with Gasteiger partial charge in [0.15, 0.2) is 0 Å². The summed E-state index contributed by atoms with van der Waals surface area (Å²) in [5.74, 6) is -1.11. The molecule has 0 spiro atoms. The van der Waals surface area contributed by atoms with E-state index < -0.39 is 11.6 Å². The van der Waals surface area contributed by atoms with Crippen LogP contribution >= 0.6 is 0 Å². The van der Waals surface area contributed by atoms with E-state index in [1.165, 1.54) is 18.2 Å². The number of hydrogen-bond donors (Lipinski definition) is 0. The van der Waals surface area contributed by atoms with Crippen LogP contribution in [0.4, 0.5) is 13.6 Å². The third-order valence-electron chi connectivity index (χ3n) is 7.20. The van der Waals surface area contributed by atoms with Crippen molar-refractivity contribution >= 4 is 6.09 Å². The van der Waals surface area contributed by atoms with Gasteiger partial charge in [-0.05, 0) is 61.8 Å². The predicted molar refractivity (Wildman–Crippen MR) is 109 cm³/mol. The predicted octanol–water partition coefficient (Wildman–Crippen LogP) is 5.06. The lowest BCUT2D eigenvalue weighted by atomic mass is 9.68. The van der Waals surface area contributed by atoms with Crippen LogP contribution in [0.1, 0.15) is 57.7 Å². The van der Waals surface area contributed by atoms with Crippen LogP contribution in [0.15, 0.2) is 24.3 Å². The van der Waals surface area contributed by atoms with Gasteiger partial charge in [-0.15, -0.1) is 0 Å². The smallest absolute Gasteiger partial charge is 0.409 e. The average Bonchev–Trinajstić information content (AvgIpc) is 3.06. The number of halogens is 2. The molecule has 2 bridgehead atoms. The Morgan fingerprint density at radius 2 is 1.93 bits per heavy atom. The monoisotopic (exact) mass is 415 g/mol. The van der Waals surface area contributed by atoms with Gasteiger partial charge < -0.3 is 9.64 Å². The maximum atomic E-state index is 14.3. The lowest BCUT2D eigenvalue weighted by Crippen LogP contribution is -2.48. The second kappa shape index (κ2) is 7.29. The van der Waals surface area contributed by atoms with Crippen LogP contribution in [0.5, 0.6) is 0 Å². The molecule has 2 aliphatic carbocycles. The Kier molecular flexibility index (Phi) is 5.03. The maximum Gasteiger partial charge on any atom is 0.409 e. The van der Waals surface area contributed by atoms with Crippen LogP contribution in [-0.4, -0.2) is 40.9 Å². The Morgan fingerprint density at radius 3 is 2.57 bits per heavy atom. The number of fused-ring (bicyclic) bond motifs is 5. The first-order valence-electron chi connectivity index (χ1n) is 10.5.